The Hall–Kier alpha value is -3.62. The zero-order valence-corrected chi connectivity index (χ0v) is 15.0. The van der Waals surface area contributed by atoms with Crippen LogP contribution in [0.5, 0.6) is 11.5 Å². The molecule has 0 bridgehead atoms. The summed E-state index contributed by atoms with van der Waals surface area (Å²) in [5, 5.41) is 20.3. The number of amides is 2. The highest BCUT2D eigenvalue weighted by Crippen LogP contribution is 2.24. The summed E-state index contributed by atoms with van der Waals surface area (Å²) in [4.78, 5) is 38.2. The predicted molar refractivity (Wildman–Crippen MR) is 99.2 cm³/mol. The van der Waals surface area contributed by atoms with Crippen LogP contribution in [-0.4, -0.2) is 64.4 Å². The minimum atomic E-state index is -0.518. The number of nitro benzene ring substituents is 1. The molecule has 28 heavy (non-hydrogen) atoms. The van der Waals surface area contributed by atoms with Gasteiger partial charge in [0.1, 0.15) is 0 Å². The van der Waals surface area contributed by atoms with Crippen molar-refractivity contribution < 1.29 is 24.4 Å². The van der Waals surface area contributed by atoms with Crippen molar-refractivity contribution >= 4 is 17.5 Å². The summed E-state index contributed by atoms with van der Waals surface area (Å²) in [6.07, 6.45) is 0. The average Bonchev–Trinajstić information content (AvgIpc) is 2.72. The smallest absolute Gasteiger partial charge is 0.269 e. The second-order valence-electron chi connectivity index (χ2n) is 6.23. The molecule has 1 aliphatic heterocycles. The third-order valence-electron chi connectivity index (χ3n) is 4.46. The van der Waals surface area contributed by atoms with E-state index in [1.807, 2.05) is 0 Å². The number of phenolic OH excluding ortho intramolecular Hbond substituents is 1. The van der Waals surface area contributed by atoms with E-state index in [-0.39, 0.29) is 35.6 Å². The van der Waals surface area contributed by atoms with Gasteiger partial charge in [-0.15, -0.1) is 0 Å². The molecule has 2 amide bonds. The number of piperazine rings is 1. The SMILES string of the molecule is O=C(COc1ccccc1O)N1CCN(C(=O)c2ccc([N+](=O)[O-])cc2)CC1. The lowest BCUT2D eigenvalue weighted by Crippen LogP contribution is -2.51. The van der Waals surface area contributed by atoms with E-state index in [4.69, 9.17) is 4.74 Å². The van der Waals surface area contributed by atoms with E-state index >= 15 is 0 Å². The Balaban J connectivity index is 1.50. The van der Waals surface area contributed by atoms with Crippen molar-refractivity contribution in [1.29, 1.82) is 0 Å². The van der Waals surface area contributed by atoms with Crippen LogP contribution in [0.4, 0.5) is 5.69 Å². The third-order valence-corrected chi connectivity index (χ3v) is 4.46. The molecule has 1 aliphatic rings. The summed E-state index contributed by atoms with van der Waals surface area (Å²) in [6.45, 7) is 1.24. The number of phenols is 1. The van der Waals surface area contributed by atoms with Gasteiger partial charge in [0.15, 0.2) is 18.1 Å². The summed E-state index contributed by atoms with van der Waals surface area (Å²) < 4.78 is 5.35. The maximum absolute atomic E-state index is 12.5. The van der Waals surface area contributed by atoms with Crippen LogP contribution in [0.2, 0.25) is 0 Å². The molecular formula is C19H19N3O6. The van der Waals surface area contributed by atoms with Gasteiger partial charge in [-0.25, -0.2) is 0 Å². The normalized spacial score (nSPS) is 13.9. The van der Waals surface area contributed by atoms with E-state index in [1.54, 1.807) is 28.0 Å². The maximum atomic E-state index is 12.5. The molecular weight excluding hydrogens is 366 g/mol. The van der Waals surface area contributed by atoms with Crippen LogP contribution in [-0.2, 0) is 4.79 Å². The predicted octanol–water partition coefficient (Wildman–Crippen LogP) is 1.66. The number of carbonyl (C=O) groups excluding carboxylic acids is 2. The van der Waals surface area contributed by atoms with Crippen LogP contribution >= 0.6 is 0 Å². The minimum absolute atomic E-state index is 0.0335. The van der Waals surface area contributed by atoms with Crippen molar-refractivity contribution in [3.8, 4) is 11.5 Å². The first-order valence-electron chi connectivity index (χ1n) is 8.68. The van der Waals surface area contributed by atoms with Crippen molar-refractivity contribution in [3.05, 3.63) is 64.2 Å². The fraction of sp³-hybridized carbons (Fsp3) is 0.263. The standard InChI is InChI=1S/C19H19N3O6/c23-16-3-1-2-4-17(16)28-13-18(24)20-9-11-21(12-10-20)19(25)14-5-7-15(8-6-14)22(26)27/h1-8,23H,9-13H2. The average molecular weight is 385 g/mol. The summed E-state index contributed by atoms with van der Waals surface area (Å²) in [5.74, 6) is -0.255. The maximum Gasteiger partial charge on any atom is 0.269 e. The van der Waals surface area contributed by atoms with E-state index in [1.165, 1.54) is 30.3 Å². The Labute approximate surface area is 160 Å². The summed E-state index contributed by atoms with van der Waals surface area (Å²) in [6, 6.07) is 11.8. The summed E-state index contributed by atoms with van der Waals surface area (Å²) >= 11 is 0. The van der Waals surface area contributed by atoms with Gasteiger partial charge < -0.3 is 19.6 Å². The highest BCUT2D eigenvalue weighted by atomic mass is 16.6. The van der Waals surface area contributed by atoms with Crippen molar-refractivity contribution in [2.45, 2.75) is 0 Å². The van der Waals surface area contributed by atoms with E-state index in [0.29, 0.717) is 31.7 Å². The van der Waals surface area contributed by atoms with Crippen molar-refractivity contribution in [2.75, 3.05) is 32.8 Å². The van der Waals surface area contributed by atoms with Gasteiger partial charge in [0.25, 0.3) is 17.5 Å². The summed E-state index contributed by atoms with van der Waals surface area (Å²) in [7, 11) is 0. The molecule has 9 heteroatoms. The van der Waals surface area contributed by atoms with Gasteiger partial charge >= 0.3 is 0 Å². The highest BCUT2D eigenvalue weighted by molar-refractivity contribution is 5.94. The molecule has 1 saturated heterocycles. The first-order chi connectivity index (χ1) is 13.5. The molecule has 9 nitrogen and oxygen atoms in total. The number of carbonyl (C=O) groups is 2. The third kappa shape index (κ3) is 4.37. The number of ether oxygens (including phenoxy) is 1. The van der Waals surface area contributed by atoms with Gasteiger partial charge in [0.2, 0.25) is 0 Å². The fourth-order valence-electron chi connectivity index (χ4n) is 2.88. The quantitative estimate of drug-likeness (QED) is 0.619. The van der Waals surface area contributed by atoms with E-state index in [0.717, 1.165) is 0 Å². The molecule has 2 aromatic carbocycles. The highest BCUT2D eigenvalue weighted by Gasteiger charge is 2.25. The number of nitro groups is 1. The number of non-ortho nitro benzene ring substituents is 1. The summed E-state index contributed by atoms with van der Waals surface area (Å²) in [5.41, 5.74) is 0.296. The molecule has 1 fully saturated rings. The van der Waals surface area contributed by atoms with Crippen LogP contribution in [0.25, 0.3) is 0 Å². The van der Waals surface area contributed by atoms with Crippen LogP contribution in [0, 0.1) is 10.1 Å². The number of hydrogen-bond donors (Lipinski definition) is 1. The Morgan fingerprint density at radius 2 is 1.61 bits per heavy atom. The molecule has 0 aromatic heterocycles. The van der Waals surface area contributed by atoms with E-state index in [2.05, 4.69) is 0 Å². The molecule has 146 valence electrons. The molecule has 0 radical (unpaired) electrons. The largest absolute Gasteiger partial charge is 0.504 e. The lowest BCUT2D eigenvalue weighted by molar-refractivity contribution is -0.384. The van der Waals surface area contributed by atoms with Crippen molar-refractivity contribution in [2.24, 2.45) is 0 Å². The molecule has 0 saturated carbocycles. The number of aromatic hydroxyl groups is 1. The van der Waals surface area contributed by atoms with Gasteiger partial charge in [-0.2, -0.15) is 0 Å². The molecule has 0 aliphatic carbocycles. The zero-order valence-electron chi connectivity index (χ0n) is 15.0. The van der Waals surface area contributed by atoms with E-state index < -0.39 is 4.92 Å². The van der Waals surface area contributed by atoms with Gasteiger partial charge in [0, 0.05) is 43.9 Å². The number of rotatable bonds is 5. The Morgan fingerprint density at radius 1 is 1.00 bits per heavy atom. The Bertz CT molecular complexity index is 875. The second kappa shape index (κ2) is 8.38. The van der Waals surface area contributed by atoms with Gasteiger partial charge in [-0.3, -0.25) is 19.7 Å². The lowest BCUT2D eigenvalue weighted by Gasteiger charge is -2.34. The van der Waals surface area contributed by atoms with Crippen LogP contribution in [0.3, 0.4) is 0 Å². The number of hydrogen-bond acceptors (Lipinski definition) is 6. The van der Waals surface area contributed by atoms with Gasteiger partial charge in [0.05, 0.1) is 4.92 Å². The van der Waals surface area contributed by atoms with Gasteiger partial charge in [-0.1, -0.05) is 12.1 Å². The lowest BCUT2D eigenvalue weighted by atomic mass is 10.1. The Kier molecular flexibility index (Phi) is 5.73. The van der Waals surface area contributed by atoms with Crippen LogP contribution in [0.1, 0.15) is 10.4 Å². The first-order valence-corrected chi connectivity index (χ1v) is 8.68. The number of para-hydroxylation sites is 2. The topological polar surface area (TPSA) is 113 Å². The van der Waals surface area contributed by atoms with E-state index in [9.17, 15) is 24.8 Å². The Morgan fingerprint density at radius 3 is 2.21 bits per heavy atom. The minimum Gasteiger partial charge on any atom is -0.504 e. The number of benzene rings is 2. The van der Waals surface area contributed by atoms with Crippen molar-refractivity contribution in [1.82, 2.24) is 9.80 Å². The molecule has 1 N–H and O–H groups in total. The second-order valence-corrected chi connectivity index (χ2v) is 6.23. The fourth-order valence-corrected chi connectivity index (χ4v) is 2.88. The van der Waals surface area contributed by atoms with Gasteiger partial charge in [-0.05, 0) is 24.3 Å². The monoisotopic (exact) mass is 385 g/mol. The van der Waals surface area contributed by atoms with Crippen molar-refractivity contribution in [3.63, 3.8) is 0 Å². The molecule has 1 heterocycles. The first kappa shape index (κ1) is 19.2. The molecule has 0 atom stereocenters. The zero-order chi connectivity index (χ0) is 20.1. The molecule has 3 rings (SSSR count). The number of nitrogens with zero attached hydrogens (tertiary/aromatic N) is 3. The van der Waals surface area contributed by atoms with Crippen LogP contribution < -0.4 is 4.74 Å². The molecule has 2 aromatic rings. The van der Waals surface area contributed by atoms with Crippen LogP contribution in [0.15, 0.2) is 48.5 Å². The molecule has 0 spiro atoms. The molecule has 0 unspecified atom stereocenters.